The van der Waals surface area contributed by atoms with Gasteiger partial charge in [-0.25, -0.2) is 0 Å². The number of nitrogens with two attached hydrogens (primary N) is 1. The van der Waals surface area contributed by atoms with Crippen LogP contribution in [0.4, 0.5) is 18.9 Å². The molecule has 1 saturated heterocycles. The number of rotatable bonds is 4. The van der Waals surface area contributed by atoms with Crippen LogP contribution in [0.15, 0.2) is 18.2 Å². The topological polar surface area (TPSA) is 29.3 Å². The summed E-state index contributed by atoms with van der Waals surface area (Å²) in [7, 11) is 0. The van der Waals surface area contributed by atoms with Gasteiger partial charge in [0.2, 0.25) is 0 Å². The van der Waals surface area contributed by atoms with Crippen LogP contribution >= 0.6 is 0 Å². The van der Waals surface area contributed by atoms with Crippen molar-refractivity contribution >= 4 is 5.69 Å². The first-order valence-corrected chi connectivity index (χ1v) is 7.60. The van der Waals surface area contributed by atoms with Gasteiger partial charge in [0.25, 0.3) is 0 Å². The molecule has 0 saturated carbocycles. The summed E-state index contributed by atoms with van der Waals surface area (Å²) in [6.07, 6.45) is 0.175. The van der Waals surface area contributed by atoms with E-state index in [1.807, 2.05) is 0 Å². The highest BCUT2D eigenvalue weighted by molar-refractivity contribution is 5.52. The molecule has 0 atom stereocenters. The molecule has 0 aromatic heterocycles. The van der Waals surface area contributed by atoms with E-state index < -0.39 is 11.7 Å². The van der Waals surface area contributed by atoms with Gasteiger partial charge in [0.05, 0.1) is 5.56 Å². The Labute approximate surface area is 124 Å². The molecule has 21 heavy (non-hydrogen) atoms. The molecule has 0 aliphatic carbocycles. The van der Waals surface area contributed by atoms with Crippen molar-refractivity contribution in [1.82, 2.24) is 0 Å². The molecule has 0 unspecified atom stereocenters. The van der Waals surface area contributed by atoms with E-state index >= 15 is 0 Å². The third kappa shape index (κ3) is 3.90. The molecular formula is C16H23F3N2. The summed E-state index contributed by atoms with van der Waals surface area (Å²) in [4.78, 5) is 2.06. The van der Waals surface area contributed by atoms with Crippen LogP contribution in [-0.4, -0.2) is 13.1 Å². The van der Waals surface area contributed by atoms with Gasteiger partial charge in [-0.15, -0.1) is 0 Å². The molecule has 1 aromatic rings. The molecule has 1 heterocycles. The highest BCUT2D eigenvalue weighted by Crippen LogP contribution is 2.35. The van der Waals surface area contributed by atoms with Gasteiger partial charge in [-0.1, -0.05) is 25.8 Å². The first kappa shape index (κ1) is 16.1. The first-order chi connectivity index (χ1) is 9.95. The van der Waals surface area contributed by atoms with Gasteiger partial charge < -0.3 is 10.6 Å². The maximum Gasteiger partial charge on any atom is 0.416 e. The van der Waals surface area contributed by atoms with E-state index in [1.54, 1.807) is 6.07 Å². The number of halogens is 3. The molecule has 1 fully saturated rings. The highest BCUT2D eigenvalue weighted by Gasteiger charge is 2.33. The van der Waals surface area contributed by atoms with Crippen LogP contribution in [0.3, 0.4) is 0 Å². The predicted molar refractivity (Wildman–Crippen MR) is 79.2 cm³/mol. The number of nitrogens with zero attached hydrogens (tertiary/aromatic N) is 1. The zero-order valence-corrected chi connectivity index (χ0v) is 12.4. The summed E-state index contributed by atoms with van der Waals surface area (Å²) in [6, 6.07) is 4.52. The van der Waals surface area contributed by atoms with E-state index in [0.717, 1.165) is 31.8 Å². The van der Waals surface area contributed by atoms with Gasteiger partial charge in [-0.2, -0.15) is 13.2 Å². The van der Waals surface area contributed by atoms with Crippen molar-refractivity contribution in [2.24, 2.45) is 11.7 Å². The summed E-state index contributed by atoms with van der Waals surface area (Å²) >= 11 is 0. The fourth-order valence-corrected chi connectivity index (χ4v) is 3.09. The Morgan fingerprint density at radius 3 is 2.43 bits per heavy atom. The fourth-order valence-electron chi connectivity index (χ4n) is 3.09. The third-order valence-electron chi connectivity index (χ3n) is 4.30. The Hall–Kier alpha value is -1.23. The Morgan fingerprint density at radius 1 is 1.24 bits per heavy atom. The van der Waals surface area contributed by atoms with E-state index in [0.29, 0.717) is 5.69 Å². The maximum atomic E-state index is 13.1. The van der Waals surface area contributed by atoms with Crippen molar-refractivity contribution in [3.05, 3.63) is 29.3 Å². The molecule has 2 rings (SSSR count). The lowest BCUT2D eigenvalue weighted by Gasteiger charge is -2.34. The number of piperidine rings is 1. The molecule has 1 aliphatic rings. The number of hydrogen-bond donors (Lipinski definition) is 1. The van der Waals surface area contributed by atoms with Crippen molar-refractivity contribution in [2.45, 2.75) is 45.3 Å². The monoisotopic (exact) mass is 300 g/mol. The van der Waals surface area contributed by atoms with Gasteiger partial charge in [-0.3, -0.25) is 0 Å². The number of benzene rings is 1. The number of alkyl halides is 3. The summed E-state index contributed by atoms with van der Waals surface area (Å²) in [5.41, 5.74) is 5.64. The Balaban J connectivity index is 2.15. The molecule has 0 radical (unpaired) electrons. The van der Waals surface area contributed by atoms with Gasteiger partial charge in [0.1, 0.15) is 0 Å². The lowest BCUT2D eigenvalue weighted by Crippen LogP contribution is -2.33. The van der Waals surface area contributed by atoms with Crippen molar-refractivity contribution in [3.63, 3.8) is 0 Å². The predicted octanol–water partition coefficient (Wildman–Crippen LogP) is 4.18. The van der Waals surface area contributed by atoms with Crippen LogP contribution in [0.1, 0.15) is 43.7 Å². The maximum absolute atomic E-state index is 13.1. The van der Waals surface area contributed by atoms with Gasteiger partial charge in [-0.05, 0) is 36.5 Å². The number of hydrogen-bond acceptors (Lipinski definition) is 2. The molecule has 1 aliphatic heterocycles. The van der Waals surface area contributed by atoms with E-state index in [-0.39, 0.29) is 12.1 Å². The summed E-state index contributed by atoms with van der Waals surface area (Å²) in [5, 5.41) is 0. The van der Waals surface area contributed by atoms with Gasteiger partial charge >= 0.3 is 6.18 Å². The van der Waals surface area contributed by atoms with E-state index in [4.69, 9.17) is 5.73 Å². The second-order valence-electron chi connectivity index (χ2n) is 5.76. The SMILES string of the molecule is CCCC1CCN(c2ccc(CN)c(C(F)(F)F)c2)CC1. The van der Waals surface area contributed by atoms with E-state index in [1.165, 1.54) is 25.0 Å². The zero-order valence-electron chi connectivity index (χ0n) is 12.4. The first-order valence-electron chi connectivity index (χ1n) is 7.60. The van der Waals surface area contributed by atoms with E-state index in [2.05, 4.69) is 11.8 Å². The summed E-state index contributed by atoms with van der Waals surface area (Å²) in [6.45, 7) is 3.76. The molecule has 1 aromatic carbocycles. The second kappa shape index (κ2) is 6.69. The van der Waals surface area contributed by atoms with Crippen molar-refractivity contribution in [3.8, 4) is 0 Å². The lowest BCUT2D eigenvalue weighted by molar-refractivity contribution is -0.138. The third-order valence-corrected chi connectivity index (χ3v) is 4.30. The average Bonchev–Trinajstić information content (AvgIpc) is 2.47. The second-order valence-corrected chi connectivity index (χ2v) is 5.76. The van der Waals surface area contributed by atoms with Gasteiger partial charge in [0.15, 0.2) is 0 Å². The minimum atomic E-state index is -4.34. The van der Waals surface area contributed by atoms with Crippen LogP contribution in [0, 0.1) is 5.92 Å². The lowest BCUT2D eigenvalue weighted by atomic mass is 9.92. The zero-order chi connectivity index (χ0) is 15.5. The van der Waals surface area contributed by atoms with Crippen LogP contribution < -0.4 is 10.6 Å². The number of anilines is 1. The van der Waals surface area contributed by atoms with Crippen LogP contribution in [0.5, 0.6) is 0 Å². The summed E-state index contributed by atoms with van der Waals surface area (Å²) < 4.78 is 39.2. The molecular weight excluding hydrogens is 277 g/mol. The molecule has 118 valence electrons. The standard InChI is InChI=1S/C16H23F3N2/c1-2-3-12-6-8-21(9-7-12)14-5-4-13(11-20)15(10-14)16(17,18)19/h4-5,10,12H,2-3,6-9,11,20H2,1H3. The molecule has 0 bridgehead atoms. The van der Waals surface area contributed by atoms with Crippen molar-refractivity contribution in [2.75, 3.05) is 18.0 Å². The molecule has 0 amide bonds. The minimum Gasteiger partial charge on any atom is -0.372 e. The largest absolute Gasteiger partial charge is 0.416 e. The smallest absolute Gasteiger partial charge is 0.372 e. The highest BCUT2D eigenvalue weighted by atomic mass is 19.4. The normalized spacial score (nSPS) is 17.3. The van der Waals surface area contributed by atoms with Crippen LogP contribution in [-0.2, 0) is 12.7 Å². The molecule has 5 heteroatoms. The van der Waals surface area contributed by atoms with Crippen molar-refractivity contribution in [1.29, 1.82) is 0 Å². The van der Waals surface area contributed by atoms with Crippen LogP contribution in [0.25, 0.3) is 0 Å². The quantitative estimate of drug-likeness (QED) is 0.904. The molecule has 0 spiro atoms. The summed E-state index contributed by atoms with van der Waals surface area (Å²) in [5.74, 6) is 0.719. The Bertz CT molecular complexity index is 463. The van der Waals surface area contributed by atoms with Crippen molar-refractivity contribution < 1.29 is 13.2 Å². The average molecular weight is 300 g/mol. The minimum absolute atomic E-state index is 0.0896. The molecule has 2 N–H and O–H groups in total. The van der Waals surface area contributed by atoms with E-state index in [9.17, 15) is 13.2 Å². The fraction of sp³-hybridized carbons (Fsp3) is 0.625. The van der Waals surface area contributed by atoms with Gasteiger partial charge in [0, 0.05) is 25.3 Å². The Morgan fingerprint density at radius 2 is 1.90 bits per heavy atom. The van der Waals surface area contributed by atoms with Crippen LogP contribution in [0.2, 0.25) is 0 Å². The molecule has 2 nitrogen and oxygen atoms in total. The Kier molecular flexibility index (Phi) is 5.14.